The fraction of sp³-hybridized carbons (Fsp3) is 0. The highest BCUT2D eigenvalue weighted by molar-refractivity contribution is 7.80. The Bertz CT molecular complexity index is 1370. The second-order valence-electron chi connectivity index (χ2n) is 7.06. The predicted octanol–water partition coefficient (Wildman–Crippen LogP) is 6.46. The van der Waals surface area contributed by atoms with Gasteiger partial charge in [-0.2, -0.15) is 0 Å². The van der Waals surface area contributed by atoms with E-state index < -0.39 is 0 Å². The molecule has 162 valence electrons. The third-order valence-corrected chi connectivity index (χ3v) is 6.14. The van der Waals surface area contributed by atoms with Gasteiger partial charge in [0.05, 0.1) is 10.2 Å². The van der Waals surface area contributed by atoms with Crippen LogP contribution >= 0.6 is 23.6 Å². The van der Waals surface area contributed by atoms with Gasteiger partial charge >= 0.3 is 0 Å². The molecule has 2 aromatic heterocycles. The number of para-hydroxylation sites is 2. The predicted molar refractivity (Wildman–Crippen MR) is 139 cm³/mol. The molecular formula is C25H19N5OS2. The standard InChI is InChI=1S/C25H19N5OS2/c32-25(28-18-7-3-1-4-8-18)30-29-24-23-21(26-16-27-24)15-22(33-23)17-11-13-20(14-12-17)31-19-9-5-2-6-10-19/h1-16H,(H,26,27,29)(H2,28,30,32). The Morgan fingerprint density at radius 2 is 1.52 bits per heavy atom. The average molecular weight is 470 g/mol. The summed E-state index contributed by atoms with van der Waals surface area (Å²) in [5.74, 6) is 2.26. The van der Waals surface area contributed by atoms with Crippen LogP contribution in [0.3, 0.4) is 0 Å². The molecule has 0 amide bonds. The van der Waals surface area contributed by atoms with E-state index in [0.717, 1.165) is 37.8 Å². The van der Waals surface area contributed by atoms with E-state index in [1.807, 2.05) is 84.9 Å². The quantitative estimate of drug-likeness (QED) is 0.195. The minimum absolute atomic E-state index is 0.443. The first kappa shape index (κ1) is 20.9. The highest BCUT2D eigenvalue weighted by atomic mass is 32.1. The maximum atomic E-state index is 5.89. The number of nitrogens with zero attached hydrogens (tertiary/aromatic N) is 2. The summed E-state index contributed by atoms with van der Waals surface area (Å²) in [6.07, 6.45) is 1.54. The number of thiophene rings is 1. The molecule has 2 heterocycles. The van der Waals surface area contributed by atoms with Crippen LogP contribution in [0.1, 0.15) is 0 Å². The van der Waals surface area contributed by atoms with Gasteiger partial charge in [-0.1, -0.05) is 36.4 Å². The highest BCUT2D eigenvalue weighted by Crippen LogP contribution is 2.36. The van der Waals surface area contributed by atoms with Crippen molar-refractivity contribution in [2.45, 2.75) is 0 Å². The van der Waals surface area contributed by atoms with Gasteiger partial charge in [-0.25, -0.2) is 9.97 Å². The molecule has 0 radical (unpaired) electrons. The van der Waals surface area contributed by atoms with Crippen LogP contribution in [0.5, 0.6) is 11.5 Å². The van der Waals surface area contributed by atoms with Gasteiger partial charge in [0.1, 0.15) is 17.8 Å². The van der Waals surface area contributed by atoms with E-state index in [0.29, 0.717) is 10.9 Å². The number of ether oxygens (including phenoxy) is 1. The lowest BCUT2D eigenvalue weighted by molar-refractivity contribution is 0.483. The topological polar surface area (TPSA) is 71.1 Å². The Morgan fingerprint density at radius 3 is 2.27 bits per heavy atom. The van der Waals surface area contributed by atoms with Gasteiger partial charge in [-0.05, 0) is 72.4 Å². The molecule has 33 heavy (non-hydrogen) atoms. The lowest BCUT2D eigenvalue weighted by atomic mass is 10.2. The molecule has 0 bridgehead atoms. The molecule has 5 rings (SSSR count). The Labute approximate surface area is 200 Å². The molecule has 3 N–H and O–H groups in total. The van der Waals surface area contributed by atoms with E-state index in [2.05, 4.69) is 32.2 Å². The molecule has 0 aliphatic carbocycles. The van der Waals surface area contributed by atoms with Crippen molar-refractivity contribution in [3.63, 3.8) is 0 Å². The van der Waals surface area contributed by atoms with Crippen molar-refractivity contribution in [2.75, 3.05) is 10.7 Å². The van der Waals surface area contributed by atoms with E-state index in [-0.39, 0.29) is 0 Å². The third-order valence-electron chi connectivity index (χ3n) is 4.76. The number of anilines is 2. The second-order valence-corrected chi connectivity index (χ2v) is 8.52. The zero-order valence-corrected chi connectivity index (χ0v) is 19.0. The SMILES string of the molecule is S=C(NNc1ncnc2cc(-c3ccc(Oc4ccccc4)cc3)sc12)Nc1ccccc1. The molecule has 5 aromatic rings. The van der Waals surface area contributed by atoms with Crippen LogP contribution in [0.2, 0.25) is 0 Å². The van der Waals surface area contributed by atoms with E-state index in [9.17, 15) is 0 Å². The van der Waals surface area contributed by atoms with Crippen molar-refractivity contribution in [3.05, 3.63) is 97.3 Å². The summed E-state index contributed by atoms with van der Waals surface area (Å²) in [4.78, 5) is 9.87. The molecule has 3 aromatic carbocycles. The minimum atomic E-state index is 0.443. The van der Waals surface area contributed by atoms with Crippen LogP contribution in [0.4, 0.5) is 11.5 Å². The van der Waals surface area contributed by atoms with Gasteiger partial charge in [-0.15, -0.1) is 11.3 Å². The van der Waals surface area contributed by atoms with Gasteiger partial charge in [0, 0.05) is 10.6 Å². The second kappa shape index (κ2) is 9.64. The number of benzene rings is 3. The number of rotatable bonds is 6. The van der Waals surface area contributed by atoms with Crippen LogP contribution in [-0.2, 0) is 0 Å². The number of aromatic nitrogens is 2. The van der Waals surface area contributed by atoms with Crippen molar-refractivity contribution >= 4 is 50.4 Å². The number of hydrazine groups is 1. The van der Waals surface area contributed by atoms with Crippen molar-refractivity contribution in [1.29, 1.82) is 0 Å². The first-order valence-corrected chi connectivity index (χ1v) is 11.4. The molecule has 0 aliphatic heterocycles. The molecule has 0 spiro atoms. The van der Waals surface area contributed by atoms with Gasteiger partial charge < -0.3 is 10.1 Å². The number of nitrogens with one attached hydrogen (secondary N) is 3. The van der Waals surface area contributed by atoms with Crippen LogP contribution in [-0.4, -0.2) is 15.1 Å². The Balaban J connectivity index is 1.29. The summed E-state index contributed by atoms with van der Waals surface area (Å²) in [5.41, 5.74) is 8.93. The lowest BCUT2D eigenvalue weighted by Gasteiger charge is -2.12. The van der Waals surface area contributed by atoms with E-state index in [4.69, 9.17) is 17.0 Å². The largest absolute Gasteiger partial charge is 0.457 e. The number of hydrogen-bond acceptors (Lipinski definition) is 6. The van der Waals surface area contributed by atoms with Gasteiger partial charge in [0.15, 0.2) is 10.9 Å². The summed E-state index contributed by atoms with van der Waals surface area (Å²) in [5, 5.41) is 3.56. The maximum absolute atomic E-state index is 5.89. The van der Waals surface area contributed by atoms with E-state index in [1.165, 1.54) is 6.33 Å². The van der Waals surface area contributed by atoms with Crippen LogP contribution in [0, 0.1) is 0 Å². The summed E-state index contributed by atoms with van der Waals surface area (Å²) < 4.78 is 6.83. The van der Waals surface area contributed by atoms with Crippen LogP contribution in [0.25, 0.3) is 20.7 Å². The molecule has 0 saturated carbocycles. The first-order valence-electron chi connectivity index (χ1n) is 10.2. The van der Waals surface area contributed by atoms with E-state index in [1.54, 1.807) is 11.3 Å². The van der Waals surface area contributed by atoms with Gasteiger partial charge in [0.2, 0.25) is 0 Å². The normalized spacial score (nSPS) is 10.5. The Kier molecular flexibility index (Phi) is 6.10. The number of thiocarbonyl (C=S) groups is 1. The van der Waals surface area contributed by atoms with Crippen molar-refractivity contribution < 1.29 is 4.74 Å². The molecule has 6 nitrogen and oxygen atoms in total. The number of fused-ring (bicyclic) bond motifs is 1. The average Bonchev–Trinajstić information content (AvgIpc) is 3.29. The van der Waals surface area contributed by atoms with Gasteiger partial charge in [0.25, 0.3) is 0 Å². The van der Waals surface area contributed by atoms with Crippen molar-refractivity contribution in [2.24, 2.45) is 0 Å². The zero-order chi connectivity index (χ0) is 22.5. The molecular weight excluding hydrogens is 450 g/mol. The molecule has 0 fully saturated rings. The third kappa shape index (κ3) is 5.08. The minimum Gasteiger partial charge on any atom is -0.457 e. The smallest absolute Gasteiger partial charge is 0.189 e. The van der Waals surface area contributed by atoms with Gasteiger partial charge in [-0.3, -0.25) is 10.9 Å². The molecule has 0 aliphatic rings. The molecule has 0 unspecified atom stereocenters. The Morgan fingerprint density at radius 1 is 0.818 bits per heavy atom. The fourth-order valence-corrected chi connectivity index (χ4v) is 4.43. The monoisotopic (exact) mass is 469 g/mol. The zero-order valence-electron chi connectivity index (χ0n) is 17.4. The maximum Gasteiger partial charge on any atom is 0.189 e. The summed E-state index contributed by atoms with van der Waals surface area (Å²) >= 11 is 6.97. The van der Waals surface area contributed by atoms with E-state index >= 15 is 0 Å². The number of hydrogen-bond donors (Lipinski definition) is 3. The fourth-order valence-electron chi connectivity index (χ4n) is 3.20. The molecule has 0 saturated heterocycles. The van der Waals surface area contributed by atoms with Crippen molar-refractivity contribution in [1.82, 2.24) is 15.4 Å². The molecule has 0 atom stereocenters. The Hall–Kier alpha value is -4.01. The highest BCUT2D eigenvalue weighted by Gasteiger charge is 2.11. The first-order chi connectivity index (χ1) is 16.2. The molecule has 8 heteroatoms. The summed E-state index contributed by atoms with van der Waals surface area (Å²) in [7, 11) is 0. The van der Waals surface area contributed by atoms with Crippen LogP contribution in [0.15, 0.2) is 97.3 Å². The summed E-state index contributed by atoms with van der Waals surface area (Å²) in [6.45, 7) is 0. The lowest BCUT2D eigenvalue weighted by Crippen LogP contribution is -2.33. The van der Waals surface area contributed by atoms with Crippen LogP contribution < -0.4 is 20.9 Å². The van der Waals surface area contributed by atoms with Crippen molar-refractivity contribution in [3.8, 4) is 21.9 Å². The summed E-state index contributed by atoms with van der Waals surface area (Å²) in [6, 6.07) is 29.5.